The summed E-state index contributed by atoms with van der Waals surface area (Å²) in [6, 6.07) is 47.4. The van der Waals surface area contributed by atoms with E-state index >= 15 is 0 Å². The maximum absolute atomic E-state index is 6.74. The SMILES string of the molecule is c1ccc(-c2ccc(Cc3cccc4c3oc3c(-c5ccccc5)cc5ccccc5c34)cc2)cc1. The molecule has 36 heavy (non-hydrogen) atoms. The van der Waals surface area contributed by atoms with Gasteiger partial charge in [-0.25, -0.2) is 0 Å². The molecule has 0 fully saturated rings. The molecule has 0 aliphatic heterocycles. The molecule has 6 aromatic carbocycles. The van der Waals surface area contributed by atoms with E-state index in [1.54, 1.807) is 0 Å². The molecule has 0 radical (unpaired) electrons. The summed E-state index contributed by atoms with van der Waals surface area (Å²) in [7, 11) is 0. The first-order valence-corrected chi connectivity index (χ1v) is 12.4. The smallest absolute Gasteiger partial charge is 0.143 e. The van der Waals surface area contributed by atoms with E-state index in [0.29, 0.717) is 0 Å². The lowest BCUT2D eigenvalue weighted by atomic mass is 9.95. The average molecular weight is 461 g/mol. The van der Waals surface area contributed by atoms with Gasteiger partial charge in [-0.2, -0.15) is 0 Å². The summed E-state index contributed by atoms with van der Waals surface area (Å²) < 4.78 is 6.74. The second kappa shape index (κ2) is 8.55. The van der Waals surface area contributed by atoms with Gasteiger partial charge in [0.2, 0.25) is 0 Å². The molecule has 0 aliphatic carbocycles. The van der Waals surface area contributed by atoms with Gasteiger partial charge >= 0.3 is 0 Å². The zero-order valence-electron chi connectivity index (χ0n) is 19.8. The standard InChI is InChI=1S/C35H24O/c1-3-10-25(11-4-1)26-20-18-24(19-21-26)22-29-15-9-17-31-33-30-16-8-7-14-28(30)23-32(35(33)36-34(29)31)27-12-5-2-6-13-27/h1-21,23H,22H2. The van der Waals surface area contributed by atoms with Crippen LogP contribution in [-0.4, -0.2) is 0 Å². The fraction of sp³-hybridized carbons (Fsp3) is 0.0286. The molecule has 0 bridgehead atoms. The Morgan fingerprint density at radius 3 is 1.89 bits per heavy atom. The molecule has 170 valence electrons. The van der Waals surface area contributed by atoms with Crippen LogP contribution in [0.3, 0.4) is 0 Å². The molecule has 1 heterocycles. The van der Waals surface area contributed by atoms with Crippen LogP contribution in [0.15, 0.2) is 138 Å². The van der Waals surface area contributed by atoms with E-state index in [1.807, 2.05) is 0 Å². The highest BCUT2D eigenvalue weighted by molar-refractivity contribution is 6.22. The molecule has 0 N–H and O–H groups in total. The summed E-state index contributed by atoms with van der Waals surface area (Å²) in [6.45, 7) is 0. The number of furan rings is 1. The number of para-hydroxylation sites is 1. The normalized spacial score (nSPS) is 11.4. The number of hydrogen-bond donors (Lipinski definition) is 0. The Kier molecular flexibility index (Phi) is 4.92. The van der Waals surface area contributed by atoms with E-state index in [9.17, 15) is 0 Å². The maximum Gasteiger partial charge on any atom is 0.143 e. The van der Waals surface area contributed by atoms with Gasteiger partial charge in [0.25, 0.3) is 0 Å². The van der Waals surface area contributed by atoms with Crippen LogP contribution in [0.1, 0.15) is 11.1 Å². The van der Waals surface area contributed by atoms with Crippen LogP contribution < -0.4 is 0 Å². The van der Waals surface area contributed by atoms with Crippen molar-refractivity contribution in [1.82, 2.24) is 0 Å². The molecular weight excluding hydrogens is 436 g/mol. The lowest BCUT2D eigenvalue weighted by Crippen LogP contribution is -1.89. The molecule has 7 aromatic rings. The Balaban J connectivity index is 1.39. The molecule has 0 aliphatic rings. The second-order valence-electron chi connectivity index (χ2n) is 9.35. The van der Waals surface area contributed by atoms with E-state index < -0.39 is 0 Å². The molecule has 1 heteroatoms. The molecule has 0 saturated carbocycles. The number of benzene rings is 6. The van der Waals surface area contributed by atoms with Crippen LogP contribution in [0.2, 0.25) is 0 Å². The zero-order chi connectivity index (χ0) is 23.9. The Hall–Kier alpha value is -4.62. The third kappa shape index (κ3) is 3.49. The third-order valence-corrected chi connectivity index (χ3v) is 7.11. The lowest BCUT2D eigenvalue weighted by Gasteiger charge is -2.06. The average Bonchev–Trinajstić information content (AvgIpc) is 3.35. The summed E-state index contributed by atoms with van der Waals surface area (Å²) >= 11 is 0. The Morgan fingerprint density at radius 2 is 1.11 bits per heavy atom. The highest BCUT2D eigenvalue weighted by Crippen LogP contribution is 2.42. The Morgan fingerprint density at radius 1 is 0.472 bits per heavy atom. The Labute approximate surface area is 210 Å². The fourth-order valence-electron chi connectivity index (χ4n) is 5.34. The van der Waals surface area contributed by atoms with Gasteiger partial charge in [0.05, 0.1) is 0 Å². The van der Waals surface area contributed by atoms with Gasteiger partial charge in [-0.05, 0) is 44.7 Å². The molecular formula is C35H24O. The summed E-state index contributed by atoms with van der Waals surface area (Å²) in [5.41, 5.74) is 9.21. The van der Waals surface area contributed by atoms with E-state index in [0.717, 1.165) is 23.2 Å². The van der Waals surface area contributed by atoms with Gasteiger partial charge in [0, 0.05) is 22.8 Å². The summed E-state index contributed by atoms with van der Waals surface area (Å²) in [5.74, 6) is 0. The van der Waals surface area contributed by atoms with Crippen LogP contribution in [-0.2, 0) is 6.42 Å². The summed E-state index contributed by atoms with van der Waals surface area (Å²) in [6.07, 6.45) is 0.824. The predicted molar refractivity (Wildman–Crippen MR) is 151 cm³/mol. The summed E-state index contributed by atoms with van der Waals surface area (Å²) in [5, 5.41) is 4.84. The molecule has 0 amide bonds. The van der Waals surface area contributed by atoms with Crippen molar-refractivity contribution in [3.8, 4) is 22.3 Å². The minimum atomic E-state index is 0.824. The van der Waals surface area contributed by atoms with Crippen LogP contribution in [0.5, 0.6) is 0 Å². The van der Waals surface area contributed by atoms with Crippen LogP contribution in [0.25, 0.3) is 55.0 Å². The highest BCUT2D eigenvalue weighted by atomic mass is 16.3. The third-order valence-electron chi connectivity index (χ3n) is 7.11. The first-order valence-electron chi connectivity index (χ1n) is 12.4. The van der Waals surface area contributed by atoms with Gasteiger partial charge in [-0.15, -0.1) is 0 Å². The van der Waals surface area contributed by atoms with Gasteiger partial charge in [-0.3, -0.25) is 0 Å². The van der Waals surface area contributed by atoms with Crippen molar-refractivity contribution in [3.05, 3.63) is 145 Å². The van der Waals surface area contributed by atoms with Gasteiger partial charge < -0.3 is 4.42 Å². The van der Waals surface area contributed by atoms with E-state index in [-0.39, 0.29) is 0 Å². The molecule has 1 nitrogen and oxygen atoms in total. The fourth-order valence-corrected chi connectivity index (χ4v) is 5.34. The zero-order valence-corrected chi connectivity index (χ0v) is 19.8. The van der Waals surface area contributed by atoms with Crippen molar-refractivity contribution in [2.24, 2.45) is 0 Å². The molecule has 0 saturated heterocycles. The number of rotatable bonds is 4. The molecule has 1 aromatic heterocycles. The van der Waals surface area contributed by atoms with Crippen molar-refractivity contribution >= 4 is 32.7 Å². The lowest BCUT2D eigenvalue weighted by molar-refractivity contribution is 0.665. The van der Waals surface area contributed by atoms with Crippen molar-refractivity contribution in [2.75, 3.05) is 0 Å². The van der Waals surface area contributed by atoms with Crippen molar-refractivity contribution in [2.45, 2.75) is 6.42 Å². The van der Waals surface area contributed by atoms with Crippen molar-refractivity contribution < 1.29 is 4.42 Å². The van der Waals surface area contributed by atoms with Crippen LogP contribution in [0.4, 0.5) is 0 Å². The minimum absolute atomic E-state index is 0.824. The van der Waals surface area contributed by atoms with Gasteiger partial charge in [-0.1, -0.05) is 127 Å². The topological polar surface area (TPSA) is 13.1 Å². The van der Waals surface area contributed by atoms with Gasteiger partial charge in [0.1, 0.15) is 11.2 Å². The minimum Gasteiger partial charge on any atom is -0.455 e. The van der Waals surface area contributed by atoms with Crippen molar-refractivity contribution in [1.29, 1.82) is 0 Å². The summed E-state index contributed by atoms with van der Waals surface area (Å²) in [4.78, 5) is 0. The maximum atomic E-state index is 6.74. The van der Waals surface area contributed by atoms with E-state index in [1.165, 1.54) is 49.4 Å². The van der Waals surface area contributed by atoms with Crippen LogP contribution in [0, 0.1) is 0 Å². The number of hydrogen-bond acceptors (Lipinski definition) is 1. The van der Waals surface area contributed by atoms with Crippen molar-refractivity contribution in [3.63, 3.8) is 0 Å². The monoisotopic (exact) mass is 460 g/mol. The highest BCUT2D eigenvalue weighted by Gasteiger charge is 2.18. The quantitative estimate of drug-likeness (QED) is 0.255. The number of fused-ring (bicyclic) bond motifs is 5. The molecule has 0 unspecified atom stereocenters. The largest absolute Gasteiger partial charge is 0.455 e. The second-order valence-corrected chi connectivity index (χ2v) is 9.35. The molecule has 7 rings (SSSR count). The first kappa shape index (κ1) is 20.7. The first-order chi connectivity index (χ1) is 17.8. The Bertz CT molecular complexity index is 1830. The van der Waals surface area contributed by atoms with E-state index in [2.05, 4.69) is 133 Å². The van der Waals surface area contributed by atoms with Crippen LogP contribution >= 0.6 is 0 Å². The van der Waals surface area contributed by atoms with Gasteiger partial charge in [0.15, 0.2) is 0 Å². The predicted octanol–water partition coefficient (Wildman–Crippen LogP) is 9.66. The van der Waals surface area contributed by atoms with E-state index in [4.69, 9.17) is 4.42 Å². The molecule has 0 spiro atoms. The molecule has 0 atom stereocenters.